The van der Waals surface area contributed by atoms with Crippen molar-refractivity contribution in [1.82, 2.24) is 19.4 Å². The number of hydrogen-bond donors (Lipinski definition) is 1. The molecule has 0 amide bonds. The van der Waals surface area contributed by atoms with Crippen LogP contribution in [0, 0.1) is 0 Å². The molecule has 2 saturated heterocycles. The largest absolute Gasteiger partial charge is 0.378 e. The molecule has 6 rings (SSSR count). The van der Waals surface area contributed by atoms with Crippen LogP contribution in [0.4, 0.5) is 5.82 Å². The van der Waals surface area contributed by atoms with Crippen LogP contribution in [0.15, 0.2) is 53.6 Å². The van der Waals surface area contributed by atoms with Gasteiger partial charge in [-0.1, -0.05) is 26.8 Å². The lowest BCUT2D eigenvalue weighted by atomic mass is 9.87. The molecule has 0 radical (unpaired) electrons. The molecule has 2 fully saturated rings. The Morgan fingerprint density at radius 1 is 1.02 bits per heavy atom. The number of hydrogen-bond acceptors (Lipinski definition) is 5. The molecule has 2 aliphatic heterocycles. The van der Waals surface area contributed by atoms with Gasteiger partial charge in [-0.15, -0.1) is 0 Å². The zero-order valence-corrected chi connectivity index (χ0v) is 24.9. The van der Waals surface area contributed by atoms with Crippen molar-refractivity contribution in [2.45, 2.75) is 51.9 Å². The summed E-state index contributed by atoms with van der Waals surface area (Å²) in [6, 6.07) is 13.1. The zero-order valence-electron chi connectivity index (χ0n) is 24.9. The van der Waals surface area contributed by atoms with Gasteiger partial charge in [-0.3, -0.25) is 4.79 Å². The van der Waals surface area contributed by atoms with Crippen LogP contribution in [0.2, 0.25) is 0 Å². The minimum atomic E-state index is -0.0198. The maximum absolute atomic E-state index is 13.3. The van der Waals surface area contributed by atoms with Gasteiger partial charge < -0.3 is 24.1 Å². The topological polar surface area (TPSA) is 66.4 Å². The number of ether oxygens (including phenoxy) is 1. The first-order valence-corrected chi connectivity index (χ1v) is 15.3. The number of nitrogens with one attached hydrogen (secondary N) is 1. The number of rotatable bonds is 7. The molecule has 0 atom stereocenters. The van der Waals surface area contributed by atoms with Crippen LogP contribution in [-0.2, 0) is 11.8 Å². The number of piperidine rings is 1. The molecule has 0 bridgehead atoms. The quantitative estimate of drug-likeness (QED) is 0.298. The highest BCUT2D eigenvalue weighted by Crippen LogP contribution is 2.39. The summed E-state index contributed by atoms with van der Waals surface area (Å²) in [6.45, 7) is 13.5. The molecule has 5 heterocycles. The lowest BCUT2D eigenvalue weighted by Gasteiger charge is -2.32. The molecule has 41 heavy (non-hydrogen) atoms. The van der Waals surface area contributed by atoms with Crippen LogP contribution < -0.4 is 10.5 Å². The van der Waals surface area contributed by atoms with Gasteiger partial charge in [0.05, 0.1) is 18.9 Å². The third-order valence-corrected chi connectivity index (χ3v) is 8.90. The Balaban J connectivity index is 1.35. The fourth-order valence-corrected chi connectivity index (χ4v) is 6.70. The van der Waals surface area contributed by atoms with Gasteiger partial charge in [-0.25, -0.2) is 4.98 Å². The maximum atomic E-state index is 13.3. The van der Waals surface area contributed by atoms with Crippen LogP contribution >= 0.6 is 0 Å². The summed E-state index contributed by atoms with van der Waals surface area (Å²) in [7, 11) is 1.84. The molecule has 0 aliphatic carbocycles. The fourth-order valence-electron chi connectivity index (χ4n) is 6.70. The van der Waals surface area contributed by atoms with Gasteiger partial charge in [-0.2, -0.15) is 0 Å². The van der Waals surface area contributed by atoms with Crippen molar-refractivity contribution in [3.63, 3.8) is 0 Å². The van der Waals surface area contributed by atoms with Gasteiger partial charge in [0.1, 0.15) is 5.82 Å². The Labute approximate surface area is 243 Å². The van der Waals surface area contributed by atoms with Crippen molar-refractivity contribution in [3.8, 4) is 22.4 Å². The fraction of sp³-hybridized carbons (Fsp3) is 0.471. The molecule has 7 nitrogen and oxygen atoms in total. The van der Waals surface area contributed by atoms with E-state index in [4.69, 9.17) is 9.72 Å². The van der Waals surface area contributed by atoms with Crippen molar-refractivity contribution < 1.29 is 4.74 Å². The van der Waals surface area contributed by atoms with E-state index in [1.807, 2.05) is 37.6 Å². The summed E-state index contributed by atoms with van der Waals surface area (Å²) in [4.78, 5) is 26.6. The molecule has 2 aliphatic rings. The van der Waals surface area contributed by atoms with Crippen LogP contribution in [0.5, 0.6) is 0 Å². The first kappa shape index (κ1) is 27.7. The number of aromatic amines is 1. The second-order valence-electron chi connectivity index (χ2n) is 12.1. The van der Waals surface area contributed by atoms with E-state index in [1.54, 1.807) is 4.57 Å². The van der Waals surface area contributed by atoms with E-state index >= 15 is 0 Å². The molecule has 7 heteroatoms. The van der Waals surface area contributed by atoms with Crippen molar-refractivity contribution in [1.29, 1.82) is 0 Å². The van der Waals surface area contributed by atoms with Crippen molar-refractivity contribution in [3.05, 3.63) is 70.3 Å². The summed E-state index contributed by atoms with van der Waals surface area (Å²) in [5.74, 6) is 1.87. The molecule has 0 saturated carbocycles. The van der Waals surface area contributed by atoms with Crippen LogP contribution in [0.1, 0.15) is 63.0 Å². The monoisotopic (exact) mass is 553 g/mol. The van der Waals surface area contributed by atoms with Gasteiger partial charge in [0, 0.05) is 60.1 Å². The molecule has 1 aromatic carbocycles. The molecule has 1 N–H and O–H groups in total. The van der Waals surface area contributed by atoms with Crippen LogP contribution in [0.25, 0.3) is 33.3 Å². The van der Waals surface area contributed by atoms with Crippen molar-refractivity contribution >= 4 is 16.7 Å². The normalized spacial score (nSPS) is 17.1. The summed E-state index contributed by atoms with van der Waals surface area (Å²) in [5.41, 5.74) is 7.52. The number of pyridine rings is 2. The highest BCUT2D eigenvalue weighted by Gasteiger charge is 2.23. The van der Waals surface area contributed by atoms with Gasteiger partial charge >= 0.3 is 0 Å². The van der Waals surface area contributed by atoms with Crippen LogP contribution in [0.3, 0.4) is 0 Å². The molecular weight excluding hydrogens is 510 g/mol. The third kappa shape index (κ3) is 5.57. The standard InChI is InChI=1S/C34H43N5O2/c1-5-12-38-13-10-24(11-14-38)25-6-8-30-29(19-25)32(23(2)3)33(36-30)27-20-28(34(40)37(4)22-27)26-7-9-31(35-21-26)39-15-17-41-18-16-39/h6-9,19-24,36H,5,10-18H2,1-4H3. The predicted molar refractivity (Wildman–Crippen MR) is 168 cm³/mol. The Bertz CT molecular complexity index is 1550. The summed E-state index contributed by atoms with van der Waals surface area (Å²) in [5, 5.41) is 1.30. The number of likely N-dealkylation sites (tertiary alicyclic amines) is 1. The summed E-state index contributed by atoms with van der Waals surface area (Å²) in [6.07, 6.45) is 7.47. The van der Waals surface area contributed by atoms with E-state index in [0.29, 0.717) is 30.6 Å². The second-order valence-corrected chi connectivity index (χ2v) is 12.1. The number of nitrogens with zero attached hydrogens (tertiary/aromatic N) is 4. The summed E-state index contributed by atoms with van der Waals surface area (Å²) >= 11 is 0. The lowest BCUT2D eigenvalue weighted by molar-refractivity contribution is 0.122. The number of aromatic nitrogens is 3. The van der Waals surface area contributed by atoms with Crippen molar-refractivity contribution in [2.75, 3.05) is 50.8 Å². The molecule has 0 spiro atoms. The Hall–Kier alpha value is -3.42. The van der Waals surface area contributed by atoms with E-state index in [2.05, 4.69) is 53.8 Å². The molecule has 0 unspecified atom stereocenters. The van der Waals surface area contributed by atoms with E-state index in [-0.39, 0.29) is 5.56 Å². The molecule has 4 aromatic rings. The molecule has 216 valence electrons. The first-order valence-electron chi connectivity index (χ1n) is 15.3. The van der Waals surface area contributed by atoms with E-state index < -0.39 is 0 Å². The van der Waals surface area contributed by atoms with Crippen molar-refractivity contribution in [2.24, 2.45) is 7.05 Å². The number of aryl methyl sites for hydroxylation is 1. The Kier molecular flexibility index (Phi) is 8.00. The predicted octanol–water partition coefficient (Wildman–Crippen LogP) is 6.15. The van der Waals surface area contributed by atoms with Gasteiger partial charge in [0.25, 0.3) is 5.56 Å². The van der Waals surface area contributed by atoms with E-state index in [0.717, 1.165) is 41.2 Å². The minimum Gasteiger partial charge on any atom is -0.378 e. The zero-order chi connectivity index (χ0) is 28.5. The molecular formula is C34H43N5O2. The van der Waals surface area contributed by atoms with Gasteiger partial charge in [0.15, 0.2) is 0 Å². The smallest absolute Gasteiger partial charge is 0.258 e. The SMILES string of the molecule is CCCN1CCC(c2ccc3[nH]c(-c4cc(-c5ccc(N6CCOCC6)nc5)c(=O)n(C)c4)c(C(C)C)c3c2)CC1. The van der Waals surface area contributed by atoms with Gasteiger partial charge in [0.2, 0.25) is 0 Å². The highest BCUT2D eigenvalue weighted by atomic mass is 16.5. The number of H-pyrrole nitrogens is 1. The van der Waals surface area contributed by atoms with Crippen LogP contribution in [-0.4, -0.2) is 65.4 Å². The average Bonchev–Trinajstić information content (AvgIpc) is 3.39. The van der Waals surface area contributed by atoms with E-state index in [9.17, 15) is 4.79 Å². The average molecular weight is 554 g/mol. The number of anilines is 1. The number of morpholine rings is 1. The lowest BCUT2D eigenvalue weighted by Crippen LogP contribution is -2.36. The Morgan fingerprint density at radius 3 is 2.49 bits per heavy atom. The van der Waals surface area contributed by atoms with E-state index in [1.165, 1.54) is 55.4 Å². The second kappa shape index (κ2) is 11.8. The first-order chi connectivity index (χ1) is 19.9. The Morgan fingerprint density at radius 2 is 1.80 bits per heavy atom. The third-order valence-electron chi connectivity index (χ3n) is 8.90. The summed E-state index contributed by atoms with van der Waals surface area (Å²) < 4.78 is 7.18. The number of benzene rings is 1. The van der Waals surface area contributed by atoms with Gasteiger partial charge in [-0.05, 0) is 92.2 Å². The highest BCUT2D eigenvalue weighted by molar-refractivity contribution is 5.92. The minimum absolute atomic E-state index is 0.0198. The maximum Gasteiger partial charge on any atom is 0.258 e. The number of fused-ring (bicyclic) bond motifs is 1. The molecule has 3 aromatic heterocycles.